The standard InChI is InChI=1S/C16H11FN2O3/c1-22-16(21)13-9-18-14-8-11(5-6-19(14)15(13)20)10-3-2-4-12(17)7-10/h2-9H,1H3. The number of aromatic nitrogens is 2. The Labute approximate surface area is 124 Å². The molecule has 0 saturated heterocycles. The maximum Gasteiger partial charge on any atom is 0.345 e. The molecule has 1 aromatic carbocycles. The first-order valence-corrected chi connectivity index (χ1v) is 6.46. The fraction of sp³-hybridized carbons (Fsp3) is 0.0625. The molecule has 0 N–H and O–H groups in total. The Balaban J connectivity index is 2.16. The SMILES string of the molecule is COC(=O)c1cnc2cc(-c3cccc(F)c3)ccn2c1=O. The first kappa shape index (κ1) is 13.9. The minimum atomic E-state index is -0.735. The van der Waals surface area contributed by atoms with Crippen LogP contribution in [0.2, 0.25) is 0 Å². The summed E-state index contributed by atoms with van der Waals surface area (Å²) in [5.74, 6) is -1.08. The maximum atomic E-state index is 13.3. The van der Waals surface area contributed by atoms with Crippen molar-refractivity contribution in [3.63, 3.8) is 0 Å². The van der Waals surface area contributed by atoms with Gasteiger partial charge in [0, 0.05) is 12.4 Å². The van der Waals surface area contributed by atoms with Crippen LogP contribution in [0.4, 0.5) is 4.39 Å². The first-order valence-electron chi connectivity index (χ1n) is 6.46. The van der Waals surface area contributed by atoms with E-state index in [1.54, 1.807) is 24.3 Å². The molecule has 0 amide bonds. The minimum Gasteiger partial charge on any atom is -0.465 e. The molecule has 6 heteroatoms. The summed E-state index contributed by atoms with van der Waals surface area (Å²) in [6.07, 6.45) is 2.68. The third-order valence-corrected chi connectivity index (χ3v) is 3.27. The van der Waals surface area contributed by atoms with E-state index in [0.29, 0.717) is 11.2 Å². The van der Waals surface area contributed by atoms with Crippen molar-refractivity contribution in [2.45, 2.75) is 0 Å². The van der Waals surface area contributed by atoms with Crippen molar-refractivity contribution in [1.29, 1.82) is 0 Å². The largest absolute Gasteiger partial charge is 0.465 e. The molecule has 0 aliphatic heterocycles. The average molecular weight is 298 g/mol. The lowest BCUT2D eigenvalue weighted by Crippen LogP contribution is -2.23. The van der Waals surface area contributed by atoms with E-state index in [1.807, 2.05) is 0 Å². The summed E-state index contributed by atoms with van der Waals surface area (Å²) >= 11 is 0. The molecule has 0 aliphatic rings. The van der Waals surface area contributed by atoms with Crippen molar-refractivity contribution in [2.75, 3.05) is 7.11 Å². The smallest absolute Gasteiger partial charge is 0.345 e. The summed E-state index contributed by atoms with van der Waals surface area (Å²) in [4.78, 5) is 27.8. The summed E-state index contributed by atoms with van der Waals surface area (Å²) in [6.45, 7) is 0. The first-order chi connectivity index (χ1) is 10.6. The third-order valence-electron chi connectivity index (χ3n) is 3.27. The highest BCUT2D eigenvalue weighted by Crippen LogP contribution is 2.20. The predicted octanol–water partition coefficient (Wildman–Crippen LogP) is 2.29. The number of methoxy groups -OCH3 is 1. The van der Waals surface area contributed by atoms with Crippen LogP contribution in [-0.2, 0) is 4.74 Å². The number of carbonyl (C=O) groups excluding carboxylic acids is 1. The molecule has 0 fully saturated rings. The summed E-state index contributed by atoms with van der Waals surface area (Å²) < 4.78 is 19.1. The highest BCUT2D eigenvalue weighted by molar-refractivity contribution is 5.88. The van der Waals surface area contributed by atoms with Crippen LogP contribution in [0.25, 0.3) is 16.8 Å². The quantitative estimate of drug-likeness (QED) is 0.681. The van der Waals surface area contributed by atoms with E-state index in [4.69, 9.17) is 0 Å². The molecule has 0 unspecified atom stereocenters. The Morgan fingerprint density at radius 1 is 1.23 bits per heavy atom. The van der Waals surface area contributed by atoms with Crippen molar-refractivity contribution < 1.29 is 13.9 Å². The molecular weight excluding hydrogens is 287 g/mol. The molecule has 2 heterocycles. The van der Waals surface area contributed by atoms with E-state index in [0.717, 1.165) is 5.56 Å². The van der Waals surface area contributed by atoms with E-state index >= 15 is 0 Å². The van der Waals surface area contributed by atoms with Gasteiger partial charge in [-0.25, -0.2) is 14.2 Å². The van der Waals surface area contributed by atoms with Crippen molar-refractivity contribution in [2.24, 2.45) is 0 Å². The number of esters is 1. The molecule has 0 saturated carbocycles. The van der Waals surface area contributed by atoms with Gasteiger partial charge in [-0.15, -0.1) is 0 Å². The molecule has 3 aromatic rings. The van der Waals surface area contributed by atoms with E-state index in [9.17, 15) is 14.0 Å². The zero-order valence-electron chi connectivity index (χ0n) is 11.6. The summed E-state index contributed by atoms with van der Waals surface area (Å²) in [5.41, 5.74) is 1.10. The van der Waals surface area contributed by atoms with E-state index in [2.05, 4.69) is 9.72 Å². The number of fused-ring (bicyclic) bond motifs is 1. The second-order valence-electron chi connectivity index (χ2n) is 4.62. The van der Waals surface area contributed by atoms with E-state index < -0.39 is 11.5 Å². The van der Waals surface area contributed by atoms with Crippen LogP contribution in [0.1, 0.15) is 10.4 Å². The fourth-order valence-corrected chi connectivity index (χ4v) is 2.17. The van der Waals surface area contributed by atoms with Gasteiger partial charge in [0.2, 0.25) is 0 Å². The zero-order chi connectivity index (χ0) is 15.7. The molecule has 2 aromatic heterocycles. The van der Waals surface area contributed by atoms with E-state index in [-0.39, 0.29) is 11.4 Å². The van der Waals surface area contributed by atoms with Crippen molar-refractivity contribution in [3.05, 3.63) is 70.5 Å². The number of benzene rings is 1. The van der Waals surface area contributed by atoms with Gasteiger partial charge in [0.1, 0.15) is 17.0 Å². The average Bonchev–Trinajstić information content (AvgIpc) is 2.54. The second-order valence-corrected chi connectivity index (χ2v) is 4.62. The van der Waals surface area contributed by atoms with Gasteiger partial charge in [-0.05, 0) is 35.4 Å². The van der Waals surface area contributed by atoms with Crippen molar-refractivity contribution in [1.82, 2.24) is 9.38 Å². The highest BCUT2D eigenvalue weighted by Gasteiger charge is 2.13. The number of hydrogen-bond donors (Lipinski definition) is 0. The predicted molar refractivity (Wildman–Crippen MR) is 78.2 cm³/mol. The topological polar surface area (TPSA) is 60.7 Å². The molecule has 5 nitrogen and oxygen atoms in total. The van der Waals surface area contributed by atoms with Crippen LogP contribution in [0, 0.1) is 5.82 Å². The van der Waals surface area contributed by atoms with Crippen LogP contribution in [0.3, 0.4) is 0 Å². The Hall–Kier alpha value is -3.02. The number of rotatable bonds is 2. The van der Waals surface area contributed by atoms with Gasteiger partial charge in [-0.3, -0.25) is 9.20 Å². The normalized spacial score (nSPS) is 10.6. The molecule has 0 atom stereocenters. The minimum absolute atomic E-state index is 0.140. The molecule has 0 aliphatic carbocycles. The number of hydrogen-bond acceptors (Lipinski definition) is 4. The molecule has 0 radical (unpaired) electrons. The van der Waals surface area contributed by atoms with Gasteiger partial charge in [-0.2, -0.15) is 0 Å². The Kier molecular flexibility index (Phi) is 3.42. The summed E-state index contributed by atoms with van der Waals surface area (Å²) in [5, 5.41) is 0. The van der Waals surface area contributed by atoms with Crippen LogP contribution < -0.4 is 5.56 Å². The Bertz CT molecular complexity index is 934. The maximum absolute atomic E-state index is 13.3. The number of nitrogens with zero attached hydrogens (tertiary/aromatic N) is 2. The zero-order valence-corrected chi connectivity index (χ0v) is 11.6. The van der Waals surface area contributed by atoms with Crippen molar-refractivity contribution in [3.8, 4) is 11.1 Å². The Morgan fingerprint density at radius 2 is 2.00 bits per heavy atom. The van der Waals surface area contributed by atoms with Gasteiger partial charge in [0.25, 0.3) is 5.56 Å². The van der Waals surface area contributed by atoms with Crippen LogP contribution in [0.5, 0.6) is 0 Å². The van der Waals surface area contributed by atoms with Gasteiger partial charge in [0.05, 0.1) is 7.11 Å². The van der Waals surface area contributed by atoms with Crippen LogP contribution in [0.15, 0.2) is 53.6 Å². The molecule has 22 heavy (non-hydrogen) atoms. The van der Waals surface area contributed by atoms with E-state index in [1.165, 1.54) is 36.0 Å². The number of halogens is 1. The summed E-state index contributed by atoms with van der Waals surface area (Å²) in [7, 11) is 1.20. The number of carbonyl (C=O) groups is 1. The molecule has 3 rings (SSSR count). The lowest BCUT2D eigenvalue weighted by atomic mass is 10.1. The van der Waals surface area contributed by atoms with Crippen LogP contribution in [-0.4, -0.2) is 22.5 Å². The summed E-state index contributed by atoms with van der Waals surface area (Å²) in [6, 6.07) is 9.43. The Morgan fingerprint density at radius 3 is 2.73 bits per heavy atom. The molecule has 110 valence electrons. The fourth-order valence-electron chi connectivity index (χ4n) is 2.17. The molecular formula is C16H11FN2O3. The highest BCUT2D eigenvalue weighted by atomic mass is 19.1. The third kappa shape index (κ3) is 2.35. The second kappa shape index (κ2) is 5.40. The lowest BCUT2D eigenvalue weighted by Gasteiger charge is -2.06. The molecule has 0 spiro atoms. The lowest BCUT2D eigenvalue weighted by molar-refractivity contribution is 0.0598. The van der Waals surface area contributed by atoms with Gasteiger partial charge < -0.3 is 4.74 Å². The van der Waals surface area contributed by atoms with Gasteiger partial charge in [0.15, 0.2) is 0 Å². The van der Waals surface area contributed by atoms with Gasteiger partial charge >= 0.3 is 5.97 Å². The monoisotopic (exact) mass is 298 g/mol. The number of ether oxygens (including phenoxy) is 1. The molecule has 0 bridgehead atoms. The van der Waals surface area contributed by atoms with Gasteiger partial charge in [-0.1, -0.05) is 12.1 Å². The number of pyridine rings is 1. The van der Waals surface area contributed by atoms with Crippen molar-refractivity contribution >= 4 is 11.6 Å². The van der Waals surface area contributed by atoms with Crippen LogP contribution >= 0.6 is 0 Å².